The number of carbonyl (C=O) groups excluding carboxylic acids is 1. The molecule has 1 N–H and O–H groups in total. The Morgan fingerprint density at radius 1 is 1.21 bits per heavy atom. The molecule has 3 rings (SSSR count). The molecule has 0 unspecified atom stereocenters. The van der Waals surface area contributed by atoms with Crippen molar-refractivity contribution in [2.75, 3.05) is 19.7 Å². The van der Waals surface area contributed by atoms with Crippen LogP contribution in [0.25, 0.3) is 0 Å². The van der Waals surface area contributed by atoms with Crippen molar-refractivity contribution in [3.05, 3.63) is 65.2 Å². The maximum absolute atomic E-state index is 13.0. The number of hydrogen-bond acceptors (Lipinski definition) is 4. The monoisotopic (exact) mass is 330 g/mol. The maximum Gasteiger partial charge on any atom is 0.354 e. The zero-order valence-corrected chi connectivity index (χ0v) is 12.7. The van der Waals surface area contributed by atoms with E-state index in [9.17, 15) is 14.0 Å². The highest BCUT2D eigenvalue weighted by molar-refractivity contribution is 5.95. The fourth-order valence-corrected chi connectivity index (χ4v) is 2.54. The van der Waals surface area contributed by atoms with Gasteiger partial charge in [0.15, 0.2) is 0 Å². The van der Waals surface area contributed by atoms with Crippen LogP contribution in [0.1, 0.15) is 32.5 Å². The Kier molecular flexibility index (Phi) is 4.52. The van der Waals surface area contributed by atoms with Crippen molar-refractivity contribution in [3.8, 4) is 0 Å². The molecule has 1 fully saturated rings. The third-order valence-corrected chi connectivity index (χ3v) is 3.83. The molecule has 6 nitrogen and oxygen atoms in total. The van der Waals surface area contributed by atoms with Crippen LogP contribution >= 0.6 is 0 Å². The van der Waals surface area contributed by atoms with Gasteiger partial charge in [0.2, 0.25) is 0 Å². The molecular weight excluding hydrogens is 315 g/mol. The number of carboxylic acids is 1. The lowest BCUT2D eigenvalue weighted by Gasteiger charge is -2.33. The summed E-state index contributed by atoms with van der Waals surface area (Å²) in [4.78, 5) is 28.7. The van der Waals surface area contributed by atoms with Gasteiger partial charge in [0, 0.05) is 12.7 Å². The number of nitrogens with zero attached hydrogens (tertiary/aromatic N) is 2. The van der Waals surface area contributed by atoms with E-state index in [2.05, 4.69) is 4.98 Å². The van der Waals surface area contributed by atoms with E-state index in [1.165, 1.54) is 30.5 Å². The number of halogens is 1. The molecule has 2 aromatic rings. The van der Waals surface area contributed by atoms with Crippen molar-refractivity contribution in [1.29, 1.82) is 0 Å². The largest absolute Gasteiger partial charge is 0.477 e. The number of carboxylic acid groups (broad SMARTS) is 1. The number of carbonyl (C=O) groups is 2. The zero-order chi connectivity index (χ0) is 17.1. The number of hydrogen-bond donors (Lipinski definition) is 1. The second-order valence-corrected chi connectivity index (χ2v) is 5.40. The number of morpholine rings is 1. The molecule has 1 aromatic heterocycles. The van der Waals surface area contributed by atoms with Gasteiger partial charge in [-0.2, -0.15) is 0 Å². The summed E-state index contributed by atoms with van der Waals surface area (Å²) in [5, 5.41) is 8.84. The highest BCUT2D eigenvalue weighted by atomic mass is 19.1. The van der Waals surface area contributed by atoms with E-state index in [4.69, 9.17) is 9.84 Å². The lowest BCUT2D eigenvalue weighted by molar-refractivity contribution is -0.0228. The van der Waals surface area contributed by atoms with E-state index in [1.54, 1.807) is 17.0 Å². The van der Waals surface area contributed by atoms with E-state index < -0.39 is 5.97 Å². The Labute approximate surface area is 137 Å². The summed E-state index contributed by atoms with van der Waals surface area (Å²) in [6.07, 6.45) is 0.934. The molecule has 0 spiro atoms. The quantitative estimate of drug-likeness (QED) is 0.932. The number of benzene rings is 1. The molecule has 1 aromatic carbocycles. The first kappa shape index (κ1) is 16.1. The second kappa shape index (κ2) is 6.76. The summed E-state index contributed by atoms with van der Waals surface area (Å²) in [5.74, 6) is -1.71. The molecule has 24 heavy (non-hydrogen) atoms. The highest BCUT2D eigenvalue weighted by Gasteiger charge is 2.26. The van der Waals surface area contributed by atoms with Crippen LogP contribution in [0.4, 0.5) is 4.39 Å². The summed E-state index contributed by atoms with van der Waals surface area (Å²) >= 11 is 0. The van der Waals surface area contributed by atoms with E-state index in [1.807, 2.05) is 0 Å². The number of aromatic nitrogens is 1. The molecule has 1 aliphatic heterocycles. The van der Waals surface area contributed by atoms with Crippen LogP contribution in [-0.4, -0.2) is 46.6 Å². The van der Waals surface area contributed by atoms with Gasteiger partial charge in [-0.15, -0.1) is 0 Å². The molecular formula is C17H15FN2O4. The van der Waals surface area contributed by atoms with Crippen LogP contribution in [0.5, 0.6) is 0 Å². The lowest BCUT2D eigenvalue weighted by atomic mass is 10.1. The van der Waals surface area contributed by atoms with Crippen molar-refractivity contribution in [2.24, 2.45) is 0 Å². The number of amides is 1. The Bertz CT molecular complexity index is 746. The number of rotatable bonds is 3. The number of ether oxygens (including phenoxy) is 1. The van der Waals surface area contributed by atoms with Crippen LogP contribution in [0.3, 0.4) is 0 Å². The minimum Gasteiger partial charge on any atom is -0.477 e. The van der Waals surface area contributed by atoms with E-state index >= 15 is 0 Å². The third kappa shape index (κ3) is 3.41. The molecule has 1 amide bonds. The minimum atomic E-state index is -1.14. The van der Waals surface area contributed by atoms with Gasteiger partial charge in [0.05, 0.1) is 18.7 Å². The highest BCUT2D eigenvalue weighted by Crippen LogP contribution is 2.23. The van der Waals surface area contributed by atoms with Crippen LogP contribution in [0, 0.1) is 5.82 Å². The zero-order valence-electron chi connectivity index (χ0n) is 12.7. The fraction of sp³-hybridized carbons (Fsp3) is 0.235. The molecule has 2 heterocycles. The predicted octanol–water partition coefficient (Wildman–Crippen LogP) is 2.13. The fourth-order valence-electron chi connectivity index (χ4n) is 2.54. The van der Waals surface area contributed by atoms with E-state index in [0.717, 1.165) is 5.56 Å². The Balaban J connectivity index is 1.72. The first-order chi connectivity index (χ1) is 11.5. The van der Waals surface area contributed by atoms with Crippen molar-refractivity contribution in [2.45, 2.75) is 6.10 Å². The third-order valence-electron chi connectivity index (χ3n) is 3.83. The van der Waals surface area contributed by atoms with Gasteiger partial charge in [0.25, 0.3) is 5.91 Å². The van der Waals surface area contributed by atoms with Crippen LogP contribution in [-0.2, 0) is 4.74 Å². The summed E-state index contributed by atoms with van der Waals surface area (Å²) in [6, 6.07) is 8.73. The van der Waals surface area contributed by atoms with Gasteiger partial charge >= 0.3 is 5.97 Å². The lowest BCUT2D eigenvalue weighted by Crippen LogP contribution is -2.42. The van der Waals surface area contributed by atoms with Crippen LogP contribution < -0.4 is 0 Å². The summed E-state index contributed by atoms with van der Waals surface area (Å²) in [7, 11) is 0. The van der Waals surface area contributed by atoms with Gasteiger partial charge in [0.1, 0.15) is 17.6 Å². The van der Waals surface area contributed by atoms with Gasteiger partial charge < -0.3 is 14.7 Å². The Hall–Kier alpha value is -2.80. The molecule has 7 heteroatoms. The summed E-state index contributed by atoms with van der Waals surface area (Å²) in [6.45, 7) is 1.14. The van der Waals surface area contributed by atoms with Crippen molar-refractivity contribution >= 4 is 11.9 Å². The Morgan fingerprint density at radius 2 is 1.96 bits per heavy atom. The predicted molar refractivity (Wildman–Crippen MR) is 82.2 cm³/mol. The van der Waals surface area contributed by atoms with Gasteiger partial charge in [-0.1, -0.05) is 12.1 Å². The van der Waals surface area contributed by atoms with E-state index in [-0.39, 0.29) is 23.5 Å². The van der Waals surface area contributed by atoms with Crippen molar-refractivity contribution < 1.29 is 23.8 Å². The molecule has 124 valence electrons. The second-order valence-electron chi connectivity index (χ2n) is 5.40. The average molecular weight is 330 g/mol. The molecule has 0 bridgehead atoms. The maximum atomic E-state index is 13.0. The topological polar surface area (TPSA) is 79.7 Å². The molecule has 1 atom stereocenters. The first-order valence-electron chi connectivity index (χ1n) is 7.40. The van der Waals surface area contributed by atoms with Crippen LogP contribution in [0.15, 0.2) is 42.6 Å². The number of aromatic carboxylic acids is 1. The molecule has 0 aliphatic carbocycles. The van der Waals surface area contributed by atoms with Crippen molar-refractivity contribution in [1.82, 2.24) is 9.88 Å². The summed E-state index contributed by atoms with van der Waals surface area (Å²) in [5.41, 5.74) is 1.01. The smallest absolute Gasteiger partial charge is 0.354 e. The molecule has 1 saturated heterocycles. The summed E-state index contributed by atoms with van der Waals surface area (Å²) < 4.78 is 18.7. The Morgan fingerprint density at radius 3 is 2.58 bits per heavy atom. The molecule has 0 saturated carbocycles. The normalized spacial score (nSPS) is 17.5. The average Bonchev–Trinajstić information content (AvgIpc) is 2.62. The number of pyridine rings is 1. The SMILES string of the molecule is O=C(O)c1ccc(C(=O)N2CCO[C@H](c3ccc(F)cc3)C2)cn1. The standard InChI is InChI=1S/C17H15FN2O4/c18-13-4-1-11(2-5-13)15-10-20(7-8-24-15)16(21)12-3-6-14(17(22)23)19-9-12/h1-6,9,15H,7-8,10H2,(H,22,23)/t15-/m0/s1. The van der Waals surface area contributed by atoms with Gasteiger partial charge in [-0.25, -0.2) is 14.2 Å². The van der Waals surface area contributed by atoms with Gasteiger partial charge in [-0.3, -0.25) is 4.79 Å². The molecule has 1 aliphatic rings. The minimum absolute atomic E-state index is 0.113. The van der Waals surface area contributed by atoms with Crippen LogP contribution in [0.2, 0.25) is 0 Å². The van der Waals surface area contributed by atoms with Gasteiger partial charge in [-0.05, 0) is 29.8 Å². The van der Waals surface area contributed by atoms with Crippen molar-refractivity contribution in [3.63, 3.8) is 0 Å². The molecule has 0 radical (unpaired) electrons. The van der Waals surface area contributed by atoms with E-state index in [0.29, 0.717) is 25.3 Å². The first-order valence-corrected chi connectivity index (χ1v) is 7.40.